The summed E-state index contributed by atoms with van der Waals surface area (Å²) < 4.78 is 0.848. The lowest BCUT2D eigenvalue weighted by Crippen LogP contribution is -2.35. The molecular formula is C14H21BrN2O2. The maximum Gasteiger partial charge on any atom is 0.272 e. The zero-order valence-electron chi connectivity index (χ0n) is 11.3. The first-order chi connectivity index (χ1) is 9.19. The van der Waals surface area contributed by atoms with E-state index in [0.29, 0.717) is 18.8 Å². The first kappa shape index (κ1) is 16.1. The Hall–Kier alpha value is -0.940. The predicted octanol–water partition coefficient (Wildman–Crippen LogP) is 2.86. The van der Waals surface area contributed by atoms with E-state index in [9.17, 15) is 4.79 Å². The summed E-state index contributed by atoms with van der Waals surface area (Å²) in [6.45, 7) is 3.18. The molecular weight excluding hydrogens is 308 g/mol. The SMILES string of the molecule is CCCCCCN(CCO)C(=O)c1ccc(Br)cn1. The number of halogens is 1. The quantitative estimate of drug-likeness (QED) is 0.746. The second kappa shape index (κ2) is 9.04. The molecule has 0 aliphatic heterocycles. The molecule has 106 valence electrons. The minimum Gasteiger partial charge on any atom is -0.395 e. The molecule has 19 heavy (non-hydrogen) atoms. The van der Waals surface area contributed by atoms with Gasteiger partial charge in [-0.1, -0.05) is 26.2 Å². The van der Waals surface area contributed by atoms with Gasteiger partial charge in [-0.15, -0.1) is 0 Å². The minimum absolute atomic E-state index is 0.0178. The number of aromatic nitrogens is 1. The van der Waals surface area contributed by atoms with Crippen molar-refractivity contribution in [3.8, 4) is 0 Å². The standard InChI is InChI=1S/C14H21BrN2O2/c1-2-3-4-5-8-17(9-10-18)14(19)13-7-6-12(15)11-16-13/h6-7,11,18H,2-5,8-10H2,1H3. The lowest BCUT2D eigenvalue weighted by atomic mass is 10.2. The molecule has 0 aliphatic carbocycles. The van der Waals surface area contributed by atoms with Crippen molar-refractivity contribution in [1.29, 1.82) is 0 Å². The van der Waals surface area contributed by atoms with Gasteiger partial charge in [-0.3, -0.25) is 4.79 Å². The number of pyridine rings is 1. The second-order valence-electron chi connectivity index (χ2n) is 4.44. The van der Waals surface area contributed by atoms with Gasteiger partial charge in [0.25, 0.3) is 5.91 Å². The van der Waals surface area contributed by atoms with Crippen LogP contribution in [0.4, 0.5) is 0 Å². The fourth-order valence-electron chi connectivity index (χ4n) is 1.83. The van der Waals surface area contributed by atoms with Gasteiger partial charge in [0, 0.05) is 23.8 Å². The average Bonchev–Trinajstić information content (AvgIpc) is 2.42. The van der Waals surface area contributed by atoms with Crippen molar-refractivity contribution in [3.05, 3.63) is 28.5 Å². The molecule has 0 saturated heterocycles. The number of nitrogens with zero attached hydrogens (tertiary/aromatic N) is 2. The fraction of sp³-hybridized carbons (Fsp3) is 0.571. The van der Waals surface area contributed by atoms with E-state index in [1.54, 1.807) is 23.2 Å². The molecule has 0 saturated carbocycles. The monoisotopic (exact) mass is 328 g/mol. The third kappa shape index (κ3) is 5.70. The molecule has 1 rings (SSSR count). The van der Waals surface area contributed by atoms with E-state index in [1.165, 1.54) is 12.8 Å². The Balaban J connectivity index is 2.58. The van der Waals surface area contributed by atoms with Crippen molar-refractivity contribution in [2.75, 3.05) is 19.7 Å². The molecule has 1 aromatic heterocycles. The number of hydrogen-bond acceptors (Lipinski definition) is 3. The van der Waals surface area contributed by atoms with E-state index < -0.39 is 0 Å². The Bertz CT molecular complexity index is 382. The second-order valence-corrected chi connectivity index (χ2v) is 5.35. The van der Waals surface area contributed by atoms with Gasteiger partial charge in [0.15, 0.2) is 0 Å². The van der Waals surface area contributed by atoms with Crippen LogP contribution >= 0.6 is 15.9 Å². The molecule has 1 amide bonds. The van der Waals surface area contributed by atoms with Crippen LogP contribution < -0.4 is 0 Å². The largest absolute Gasteiger partial charge is 0.395 e. The van der Waals surface area contributed by atoms with Gasteiger partial charge in [0.1, 0.15) is 5.69 Å². The summed E-state index contributed by atoms with van der Waals surface area (Å²) in [5.74, 6) is -0.113. The van der Waals surface area contributed by atoms with Crippen molar-refractivity contribution in [3.63, 3.8) is 0 Å². The summed E-state index contributed by atoms with van der Waals surface area (Å²) in [6, 6.07) is 3.50. The molecule has 0 aliphatic rings. The molecule has 0 spiro atoms. The highest BCUT2D eigenvalue weighted by atomic mass is 79.9. The van der Waals surface area contributed by atoms with Crippen molar-refractivity contribution in [1.82, 2.24) is 9.88 Å². The Morgan fingerprint density at radius 1 is 1.32 bits per heavy atom. The van der Waals surface area contributed by atoms with Gasteiger partial charge in [0.2, 0.25) is 0 Å². The summed E-state index contributed by atoms with van der Waals surface area (Å²) in [4.78, 5) is 18.0. The third-order valence-electron chi connectivity index (χ3n) is 2.89. The molecule has 0 radical (unpaired) electrons. The third-order valence-corrected chi connectivity index (χ3v) is 3.35. The Morgan fingerprint density at radius 2 is 2.11 bits per heavy atom. The molecule has 1 aromatic rings. The summed E-state index contributed by atoms with van der Waals surface area (Å²) in [5, 5.41) is 9.06. The van der Waals surface area contributed by atoms with Gasteiger partial charge >= 0.3 is 0 Å². The van der Waals surface area contributed by atoms with E-state index in [2.05, 4.69) is 27.8 Å². The van der Waals surface area contributed by atoms with Crippen molar-refractivity contribution >= 4 is 21.8 Å². The van der Waals surface area contributed by atoms with E-state index in [1.807, 2.05) is 0 Å². The van der Waals surface area contributed by atoms with Crippen LogP contribution in [0, 0.1) is 0 Å². The summed E-state index contributed by atoms with van der Waals surface area (Å²) >= 11 is 3.29. The number of carbonyl (C=O) groups excluding carboxylic acids is 1. The minimum atomic E-state index is -0.113. The van der Waals surface area contributed by atoms with Crippen LogP contribution in [0.25, 0.3) is 0 Å². The van der Waals surface area contributed by atoms with Crippen LogP contribution in [0.15, 0.2) is 22.8 Å². The van der Waals surface area contributed by atoms with Gasteiger partial charge in [-0.25, -0.2) is 4.98 Å². The van der Waals surface area contributed by atoms with E-state index in [4.69, 9.17) is 5.11 Å². The van der Waals surface area contributed by atoms with Gasteiger partial charge in [-0.2, -0.15) is 0 Å². The van der Waals surface area contributed by atoms with Gasteiger partial charge in [0.05, 0.1) is 6.61 Å². The normalized spacial score (nSPS) is 10.5. The lowest BCUT2D eigenvalue weighted by Gasteiger charge is -2.21. The first-order valence-corrected chi connectivity index (χ1v) is 7.50. The Labute approximate surface area is 123 Å². The van der Waals surface area contributed by atoms with Crippen LogP contribution in [-0.2, 0) is 0 Å². The molecule has 0 aromatic carbocycles. The van der Waals surface area contributed by atoms with E-state index in [0.717, 1.165) is 17.3 Å². The molecule has 0 fully saturated rings. The smallest absolute Gasteiger partial charge is 0.272 e. The van der Waals surface area contributed by atoms with Crippen LogP contribution in [0.1, 0.15) is 43.1 Å². The molecule has 1 heterocycles. The highest BCUT2D eigenvalue weighted by Crippen LogP contribution is 2.10. The topological polar surface area (TPSA) is 53.4 Å². The van der Waals surface area contributed by atoms with E-state index in [-0.39, 0.29) is 12.5 Å². The number of aliphatic hydroxyl groups excluding tert-OH is 1. The number of unbranched alkanes of at least 4 members (excludes halogenated alkanes) is 3. The molecule has 5 heteroatoms. The van der Waals surface area contributed by atoms with Crippen molar-refractivity contribution in [2.45, 2.75) is 32.6 Å². The Kier molecular flexibility index (Phi) is 7.67. The maximum atomic E-state index is 12.2. The van der Waals surface area contributed by atoms with Crippen LogP contribution in [0.5, 0.6) is 0 Å². The first-order valence-electron chi connectivity index (χ1n) is 6.70. The molecule has 1 N–H and O–H groups in total. The van der Waals surface area contributed by atoms with Crippen molar-refractivity contribution < 1.29 is 9.90 Å². The number of amides is 1. The van der Waals surface area contributed by atoms with Gasteiger partial charge < -0.3 is 10.0 Å². The fourth-order valence-corrected chi connectivity index (χ4v) is 2.06. The van der Waals surface area contributed by atoms with Crippen LogP contribution in [0.3, 0.4) is 0 Å². The number of aliphatic hydroxyl groups is 1. The number of rotatable bonds is 8. The molecule has 4 nitrogen and oxygen atoms in total. The number of carbonyl (C=O) groups is 1. The lowest BCUT2D eigenvalue weighted by molar-refractivity contribution is 0.0712. The zero-order chi connectivity index (χ0) is 14.1. The Morgan fingerprint density at radius 3 is 2.68 bits per heavy atom. The predicted molar refractivity (Wildman–Crippen MR) is 79.1 cm³/mol. The summed E-state index contributed by atoms with van der Waals surface area (Å²) in [5.41, 5.74) is 0.423. The average molecular weight is 329 g/mol. The summed E-state index contributed by atoms with van der Waals surface area (Å²) in [6.07, 6.45) is 6.04. The molecule has 0 unspecified atom stereocenters. The highest BCUT2D eigenvalue weighted by Gasteiger charge is 2.15. The highest BCUT2D eigenvalue weighted by molar-refractivity contribution is 9.10. The number of hydrogen-bond donors (Lipinski definition) is 1. The van der Waals surface area contributed by atoms with Crippen LogP contribution in [-0.4, -0.2) is 40.6 Å². The van der Waals surface area contributed by atoms with Crippen molar-refractivity contribution in [2.24, 2.45) is 0 Å². The van der Waals surface area contributed by atoms with Crippen LogP contribution in [0.2, 0.25) is 0 Å². The maximum absolute atomic E-state index is 12.2. The summed E-state index contributed by atoms with van der Waals surface area (Å²) in [7, 11) is 0. The molecule has 0 bridgehead atoms. The zero-order valence-corrected chi connectivity index (χ0v) is 12.9. The van der Waals surface area contributed by atoms with Gasteiger partial charge in [-0.05, 0) is 34.5 Å². The molecule has 0 atom stereocenters. The van der Waals surface area contributed by atoms with E-state index >= 15 is 0 Å².